The van der Waals surface area contributed by atoms with E-state index in [0.717, 1.165) is 24.8 Å². The zero-order chi connectivity index (χ0) is 12.6. The maximum atomic E-state index is 13.2. The Bertz CT molecular complexity index is 458. The molecule has 0 amide bonds. The molecule has 1 fully saturated rings. The van der Waals surface area contributed by atoms with Gasteiger partial charge in [-0.3, -0.25) is 4.79 Å². The van der Waals surface area contributed by atoms with Gasteiger partial charge in [-0.2, -0.15) is 0 Å². The minimum Gasteiger partial charge on any atom is -0.327 e. The molecule has 0 bridgehead atoms. The maximum absolute atomic E-state index is 13.2. The number of aryl methyl sites for hydroxylation is 1. The lowest BCUT2D eigenvalue weighted by Crippen LogP contribution is -2.41. The van der Waals surface area contributed by atoms with E-state index >= 15 is 0 Å². The van der Waals surface area contributed by atoms with Crippen LogP contribution in [0.1, 0.15) is 42.1 Å². The van der Waals surface area contributed by atoms with Gasteiger partial charge in [-0.1, -0.05) is 19.4 Å². The maximum Gasteiger partial charge on any atom is 0.170 e. The average molecular weight is 235 g/mol. The molecule has 1 saturated carbocycles. The number of carbonyl (C=O) groups is 1. The number of rotatable bonds is 2. The average Bonchev–Trinajstić information content (AvgIpc) is 2.63. The highest BCUT2D eigenvalue weighted by molar-refractivity contribution is 6.02. The predicted molar refractivity (Wildman–Crippen MR) is 65.4 cm³/mol. The summed E-state index contributed by atoms with van der Waals surface area (Å²) in [5, 5.41) is 0. The summed E-state index contributed by atoms with van der Waals surface area (Å²) in [4.78, 5) is 12.5. The molecule has 2 unspecified atom stereocenters. The van der Waals surface area contributed by atoms with Gasteiger partial charge < -0.3 is 5.73 Å². The van der Waals surface area contributed by atoms with Crippen molar-refractivity contribution in [2.45, 2.75) is 39.2 Å². The van der Waals surface area contributed by atoms with Crippen molar-refractivity contribution in [1.29, 1.82) is 0 Å². The van der Waals surface area contributed by atoms with Crippen molar-refractivity contribution < 1.29 is 9.18 Å². The summed E-state index contributed by atoms with van der Waals surface area (Å²) in [6.07, 6.45) is 2.64. The normalized spacial score (nSPS) is 28.4. The Labute approximate surface area is 101 Å². The summed E-state index contributed by atoms with van der Waals surface area (Å²) in [7, 11) is 0. The molecule has 17 heavy (non-hydrogen) atoms. The van der Waals surface area contributed by atoms with E-state index in [0.29, 0.717) is 5.56 Å². The Morgan fingerprint density at radius 2 is 2.24 bits per heavy atom. The van der Waals surface area contributed by atoms with Gasteiger partial charge in [0.2, 0.25) is 0 Å². The standard InChI is InChI=1S/C14H18FNO/c1-9-5-6-10(15)8-11(9)13(17)14(2)7-3-4-12(14)16/h5-6,8,12H,3-4,7,16H2,1-2H3. The molecule has 2 atom stereocenters. The van der Waals surface area contributed by atoms with E-state index in [-0.39, 0.29) is 17.6 Å². The van der Waals surface area contributed by atoms with Crippen LogP contribution in [0.4, 0.5) is 4.39 Å². The van der Waals surface area contributed by atoms with Crippen LogP contribution in [0.2, 0.25) is 0 Å². The zero-order valence-electron chi connectivity index (χ0n) is 10.3. The lowest BCUT2D eigenvalue weighted by atomic mass is 9.77. The van der Waals surface area contributed by atoms with Crippen LogP contribution >= 0.6 is 0 Å². The molecule has 0 aliphatic heterocycles. The van der Waals surface area contributed by atoms with Gasteiger partial charge >= 0.3 is 0 Å². The first-order chi connectivity index (χ1) is 7.95. The topological polar surface area (TPSA) is 43.1 Å². The van der Waals surface area contributed by atoms with E-state index < -0.39 is 5.41 Å². The predicted octanol–water partition coefficient (Wildman–Crippen LogP) is 2.83. The van der Waals surface area contributed by atoms with Gasteiger partial charge in [0.15, 0.2) is 5.78 Å². The Kier molecular flexibility index (Phi) is 3.04. The summed E-state index contributed by atoms with van der Waals surface area (Å²) in [6, 6.07) is 4.24. The monoisotopic (exact) mass is 235 g/mol. The van der Waals surface area contributed by atoms with Gasteiger partial charge in [0.1, 0.15) is 5.82 Å². The number of nitrogens with two attached hydrogens (primary N) is 1. The first-order valence-corrected chi connectivity index (χ1v) is 6.01. The first-order valence-electron chi connectivity index (χ1n) is 6.01. The fourth-order valence-electron chi connectivity index (χ4n) is 2.62. The van der Waals surface area contributed by atoms with Gasteiger partial charge in [0, 0.05) is 17.0 Å². The van der Waals surface area contributed by atoms with Crippen LogP contribution in [0.15, 0.2) is 18.2 Å². The van der Waals surface area contributed by atoms with Gasteiger partial charge in [0.25, 0.3) is 0 Å². The Morgan fingerprint density at radius 3 is 2.82 bits per heavy atom. The van der Waals surface area contributed by atoms with Crippen molar-refractivity contribution in [2.24, 2.45) is 11.1 Å². The summed E-state index contributed by atoms with van der Waals surface area (Å²) in [5.74, 6) is -0.381. The highest BCUT2D eigenvalue weighted by Crippen LogP contribution is 2.40. The smallest absolute Gasteiger partial charge is 0.170 e. The van der Waals surface area contributed by atoms with E-state index in [1.54, 1.807) is 6.07 Å². The summed E-state index contributed by atoms with van der Waals surface area (Å²) >= 11 is 0. The fourth-order valence-corrected chi connectivity index (χ4v) is 2.62. The third kappa shape index (κ3) is 2.00. The Morgan fingerprint density at radius 1 is 1.53 bits per heavy atom. The first kappa shape index (κ1) is 12.2. The van der Waals surface area contributed by atoms with Gasteiger partial charge in [-0.15, -0.1) is 0 Å². The number of carbonyl (C=O) groups excluding carboxylic acids is 1. The second-order valence-electron chi connectivity index (χ2n) is 5.20. The molecule has 1 aromatic carbocycles. The lowest BCUT2D eigenvalue weighted by Gasteiger charge is -2.28. The summed E-state index contributed by atoms with van der Waals surface area (Å²) < 4.78 is 13.2. The highest BCUT2D eigenvalue weighted by Gasteiger charge is 2.43. The van der Waals surface area contributed by atoms with Crippen molar-refractivity contribution in [2.75, 3.05) is 0 Å². The number of benzene rings is 1. The number of ketones is 1. The molecule has 0 saturated heterocycles. The van der Waals surface area contributed by atoms with Crippen LogP contribution in [0.5, 0.6) is 0 Å². The molecule has 2 rings (SSSR count). The van der Waals surface area contributed by atoms with Crippen LogP contribution in [0, 0.1) is 18.2 Å². The molecule has 0 aromatic heterocycles. The largest absolute Gasteiger partial charge is 0.327 e. The molecule has 0 spiro atoms. The van der Waals surface area contributed by atoms with Crippen LogP contribution < -0.4 is 5.73 Å². The lowest BCUT2D eigenvalue weighted by molar-refractivity contribution is 0.0801. The Balaban J connectivity index is 2.40. The van der Waals surface area contributed by atoms with Gasteiger partial charge in [-0.05, 0) is 37.5 Å². The van der Waals surface area contributed by atoms with Gasteiger partial charge in [-0.25, -0.2) is 4.39 Å². The number of Topliss-reactive ketones (excluding diaryl/α,β-unsaturated/α-hetero) is 1. The molecule has 1 aliphatic carbocycles. The SMILES string of the molecule is Cc1ccc(F)cc1C(=O)C1(C)CCCC1N. The van der Waals surface area contributed by atoms with Gasteiger partial charge in [0.05, 0.1) is 0 Å². The van der Waals surface area contributed by atoms with Crippen molar-refractivity contribution in [3.63, 3.8) is 0 Å². The summed E-state index contributed by atoms with van der Waals surface area (Å²) in [5.41, 5.74) is 6.79. The van der Waals surface area contributed by atoms with Crippen LogP contribution in [0.25, 0.3) is 0 Å². The molecular formula is C14H18FNO. The molecular weight excluding hydrogens is 217 g/mol. The van der Waals surface area contributed by atoms with Crippen molar-refractivity contribution >= 4 is 5.78 Å². The molecule has 3 heteroatoms. The molecule has 0 heterocycles. The summed E-state index contributed by atoms with van der Waals surface area (Å²) in [6.45, 7) is 3.73. The molecule has 2 N–H and O–H groups in total. The minimum atomic E-state index is -0.529. The van der Waals surface area contributed by atoms with Crippen molar-refractivity contribution in [3.05, 3.63) is 35.1 Å². The fraction of sp³-hybridized carbons (Fsp3) is 0.500. The second-order valence-corrected chi connectivity index (χ2v) is 5.20. The number of halogens is 1. The van der Waals surface area contributed by atoms with Crippen molar-refractivity contribution in [1.82, 2.24) is 0 Å². The van der Waals surface area contributed by atoms with E-state index in [4.69, 9.17) is 5.73 Å². The third-order valence-corrected chi connectivity index (χ3v) is 3.99. The number of hydrogen-bond acceptors (Lipinski definition) is 2. The van der Waals surface area contributed by atoms with Crippen LogP contribution in [-0.2, 0) is 0 Å². The van der Waals surface area contributed by atoms with Crippen LogP contribution in [0.3, 0.4) is 0 Å². The Hall–Kier alpha value is -1.22. The van der Waals surface area contributed by atoms with E-state index in [2.05, 4.69) is 0 Å². The molecule has 92 valence electrons. The number of hydrogen-bond donors (Lipinski definition) is 1. The zero-order valence-corrected chi connectivity index (χ0v) is 10.3. The van der Waals surface area contributed by atoms with Crippen LogP contribution in [-0.4, -0.2) is 11.8 Å². The third-order valence-electron chi connectivity index (χ3n) is 3.99. The van der Waals surface area contributed by atoms with Crippen molar-refractivity contribution in [3.8, 4) is 0 Å². The second kappa shape index (κ2) is 4.22. The van der Waals surface area contributed by atoms with E-state index in [9.17, 15) is 9.18 Å². The minimum absolute atomic E-state index is 0.0144. The molecule has 1 aliphatic rings. The molecule has 2 nitrogen and oxygen atoms in total. The quantitative estimate of drug-likeness (QED) is 0.801. The highest BCUT2D eigenvalue weighted by atomic mass is 19.1. The molecule has 1 aromatic rings. The molecule has 0 radical (unpaired) electrons. The van der Waals surface area contributed by atoms with E-state index in [1.807, 2.05) is 13.8 Å². The van der Waals surface area contributed by atoms with E-state index in [1.165, 1.54) is 12.1 Å².